The van der Waals surface area contributed by atoms with Gasteiger partial charge in [-0.15, -0.1) is 0 Å². The van der Waals surface area contributed by atoms with Gasteiger partial charge in [0.05, 0.1) is 12.1 Å². The van der Waals surface area contributed by atoms with Gasteiger partial charge < -0.3 is 10.1 Å². The van der Waals surface area contributed by atoms with Gasteiger partial charge in [-0.2, -0.15) is 0 Å². The zero-order chi connectivity index (χ0) is 13.9. The van der Waals surface area contributed by atoms with Crippen LogP contribution < -0.4 is 5.32 Å². The lowest BCUT2D eigenvalue weighted by atomic mass is 10.1. The smallest absolute Gasteiger partial charge is 0.124 e. The molecule has 0 radical (unpaired) electrons. The molecule has 3 rings (SSSR count). The lowest BCUT2D eigenvalue weighted by Crippen LogP contribution is -2.11. The van der Waals surface area contributed by atoms with E-state index in [0.29, 0.717) is 6.61 Å². The van der Waals surface area contributed by atoms with Crippen molar-refractivity contribution in [1.82, 2.24) is 4.98 Å². The fourth-order valence-electron chi connectivity index (χ4n) is 2.27. The number of aryl methyl sites for hydroxylation is 1. The van der Waals surface area contributed by atoms with E-state index in [1.165, 1.54) is 25.0 Å². The molecule has 0 aliphatic heterocycles. The summed E-state index contributed by atoms with van der Waals surface area (Å²) in [6.07, 6.45) is 2.61. The Morgan fingerprint density at radius 2 is 2.20 bits per heavy atom. The third-order valence-electron chi connectivity index (χ3n) is 3.51. The molecule has 1 aromatic carbocycles. The van der Waals surface area contributed by atoms with Crippen molar-refractivity contribution in [1.29, 1.82) is 0 Å². The summed E-state index contributed by atoms with van der Waals surface area (Å²) in [6.45, 7) is 4.21. The zero-order valence-electron chi connectivity index (χ0n) is 11.7. The first kappa shape index (κ1) is 13.3. The van der Waals surface area contributed by atoms with Gasteiger partial charge in [0.25, 0.3) is 0 Å². The van der Waals surface area contributed by atoms with Crippen LogP contribution in [0.3, 0.4) is 0 Å². The van der Waals surface area contributed by atoms with E-state index >= 15 is 0 Å². The van der Waals surface area contributed by atoms with E-state index in [1.54, 1.807) is 6.07 Å². The second-order valence-corrected chi connectivity index (χ2v) is 5.42. The topological polar surface area (TPSA) is 34.1 Å². The van der Waals surface area contributed by atoms with E-state index in [2.05, 4.69) is 10.3 Å². The maximum Gasteiger partial charge on any atom is 0.124 e. The highest BCUT2D eigenvalue weighted by Gasteiger charge is 2.20. The minimum Gasteiger partial charge on any atom is -0.382 e. The van der Waals surface area contributed by atoms with Crippen molar-refractivity contribution < 1.29 is 9.13 Å². The number of hydrogen-bond acceptors (Lipinski definition) is 3. The molecule has 1 N–H and O–H groups in total. The summed E-state index contributed by atoms with van der Waals surface area (Å²) in [5, 5.41) is 4.14. The number of nitrogens with one attached hydrogen (secondary N) is 1. The number of pyridine rings is 1. The van der Waals surface area contributed by atoms with E-state index in [4.69, 9.17) is 4.74 Å². The summed E-state index contributed by atoms with van der Waals surface area (Å²) >= 11 is 0. The summed E-state index contributed by atoms with van der Waals surface area (Å²) in [4.78, 5) is 4.42. The van der Waals surface area contributed by atoms with Crippen LogP contribution in [0.2, 0.25) is 0 Å². The third kappa shape index (κ3) is 3.25. The average molecular weight is 274 g/mol. The standard InChI is InChI=1S/C16H19FN2O/c1-11-8-16(18-6-7-20-10-12-2-3-12)14-9-13(17)4-5-15(14)19-11/h4-5,8-9,12H,2-3,6-7,10H2,1H3,(H,18,19). The predicted octanol–water partition coefficient (Wildman–Crippen LogP) is 3.52. The van der Waals surface area contributed by atoms with Gasteiger partial charge in [-0.1, -0.05) is 0 Å². The van der Waals surface area contributed by atoms with Crippen LogP contribution in [0, 0.1) is 18.7 Å². The number of ether oxygens (including phenoxy) is 1. The Balaban J connectivity index is 1.67. The Bertz CT molecular complexity index is 611. The minimum atomic E-state index is -0.240. The first-order chi connectivity index (χ1) is 9.72. The van der Waals surface area contributed by atoms with Gasteiger partial charge in [0.1, 0.15) is 5.82 Å². The third-order valence-corrected chi connectivity index (χ3v) is 3.51. The van der Waals surface area contributed by atoms with Gasteiger partial charge in [0, 0.05) is 29.9 Å². The van der Waals surface area contributed by atoms with Gasteiger partial charge >= 0.3 is 0 Å². The number of benzene rings is 1. The van der Waals surface area contributed by atoms with E-state index in [0.717, 1.165) is 41.4 Å². The minimum absolute atomic E-state index is 0.240. The molecule has 0 unspecified atom stereocenters. The molecule has 1 aliphatic rings. The fourth-order valence-corrected chi connectivity index (χ4v) is 2.27. The van der Waals surface area contributed by atoms with E-state index in [1.807, 2.05) is 13.0 Å². The summed E-state index contributed by atoms with van der Waals surface area (Å²) in [7, 11) is 0. The molecule has 1 heterocycles. The maximum absolute atomic E-state index is 13.4. The average Bonchev–Trinajstić information content (AvgIpc) is 3.23. The SMILES string of the molecule is Cc1cc(NCCOCC2CC2)c2cc(F)ccc2n1. The number of anilines is 1. The van der Waals surface area contributed by atoms with Crippen LogP contribution in [-0.2, 0) is 4.74 Å². The molecule has 0 saturated heterocycles. The Morgan fingerprint density at radius 3 is 3.00 bits per heavy atom. The maximum atomic E-state index is 13.4. The largest absolute Gasteiger partial charge is 0.382 e. The molecule has 0 spiro atoms. The first-order valence-corrected chi connectivity index (χ1v) is 7.11. The Hall–Kier alpha value is -1.68. The molecule has 1 saturated carbocycles. The molecule has 0 bridgehead atoms. The second kappa shape index (κ2) is 5.75. The highest BCUT2D eigenvalue weighted by molar-refractivity contribution is 5.91. The molecular formula is C16H19FN2O. The van der Waals surface area contributed by atoms with Gasteiger partial charge in [0.2, 0.25) is 0 Å². The van der Waals surface area contributed by atoms with E-state index in [9.17, 15) is 4.39 Å². The summed E-state index contributed by atoms with van der Waals surface area (Å²) in [5.74, 6) is 0.546. The molecule has 2 aromatic rings. The molecular weight excluding hydrogens is 255 g/mol. The van der Waals surface area contributed by atoms with Crippen molar-refractivity contribution in [3.8, 4) is 0 Å². The monoisotopic (exact) mass is 274 g/mol. The van der Waals surface area contributed by atoms with Gasteiger partial charge in [-0.05, 0) is 49.9 Å². The summed E-state index contributed by atoms with van der Waals surface area (Å²) in [5.41, 5.74) is 2.65. The van der Waals surface area contributed by atoms with Crippen molar-refractivity contribution >= 4 is 16.6 Å². The predicted molar refractivity (Wildman–Crippen MR) is 78.5 cm³/mol. The quantitative estimate of drug-likeness (QED) is 0.818. The number of rotatable bonds is 6. The van der Waals surface area contributed by atoms with E-state index in [-0.39, 0.29) is 5.82 Å². The molecule has 20 heavy (non-hydrogen) atoms. The number of aromatic nitrogens is 1. The fraction of sp³-hybridized carbons (Fsp3) is 0.438. The number of nitrogens with zero attached hydrogens (tertiary/aromatic N) is 1. The Labute approximate surface area is 118 Å². The molecule has 3 nitrogen and oxygen atoms in total. The molecule has 106 valence electrons. The summed E-state index contributed by atoms with van der Waals surface area (Å²) in [6, 6.07) is 6.63. The van der Waals surface area contributed by atoms with E-state index < -0.39 is 0 Å². The van der Waals surface area contributed by atoms with Crippen LogP contribution in [0.15, 0.2) is 24.3 Å². The number of halogens is 1. The molecule has 4 heteroatoms. The first-order valence-electron chi connectivity index (χ1n) is 7.11. The van der Waals surface area contributed by atoms with Crippen molar-refractivity contribution in [3.63, 3.8) is 0 Å². The second-order valence-electron chi connectivity index (χ2n) is 5.42. The van der Waals surface area contributed by atoms with Crippen LogP contribution in [-0.4, -0.2) is 24.7 Å². The van der Waals surface area contributed by atoms with Crippen LogP contribution in [0.5, 0.6) is 0 Å². The van der Waals surface area contributed by atoms with Gasteiger partial charge in [-0.25, -0.2) is 4.39 Å². The van der Waals surface area contributed by atoms with Gasteiger partial charge in [0.15, 0.2) is 0 Å². The van der Waals surface area contributed by atoms with Gasteiger partial charge in [-0.3, -0.25) is 4.98 Å². The van der Waals surface area contributed by atoms with Crippen LogP contribution in [0.4, 0.5) is 10.1 Å². The zero-order valence-corrected chi connectivity index (χ0v) is 11.7. The van der Waals surface area contributed by atoms with Crippen molar-refractivity contribution in [2.75, 3.05) is 25.1 Å². The van der Waals surface area contributed by atoms with Crippen LogP contribution >= 0.6 is 0 Å². The Kier molecular flexibility index (Phi) is 3.83. The van der Waals surface area contributed by atoms with Crippen LogP contribution in [0.1, 0.15) is 18.5 Å². The molecule has 1 aliphatic carbocycles. The van der Waals surface area contributed by atoms with Crippen molar-refractivity contribution in [3.05, 3.63) is 35.8 Å². The molecule has 1 aromatic heterocycles. The number of fused-ring (bicyclic) bond motifs is 1. The number of hydrogen-bond donors (Lipinski definition) is 1. The van der Waals surface area contributed by atoms with Crippen LogP contribution in [0.25, 0.3) is 10.9 Å². The highest BCUT2D eigenvalue weighted by Crippen LogP contribution is 2.28. The summed E-state index contributed by atoms with van der Waals surface area (Å²) < 4.78 is 19.0. The normalized spacial score (nSPS) is 14.7. The molecule has 1 fully saturated rings. The lowest BCUT2D eigenvalue weighted by Gasteiger charge is -2.11. The van der Waals surface area contributed by atoms with Crippen molar-refractivity contribution in [2.45, 2.75) is 19.8 Å². The van der Waals surface area contributed by atoms with Crippen molar-refractivity contribution in [2.24, 2.45) is 5.92 Å². The lowest BCUT2D eigenvalue weighted by molar-refractivity contribution is 0.134. The Morgan fingerprint density at radius 1 is 1.35 bits per heavy atom. The highest BCUT2D eigenvalue weighted by atomic mass is 19.1. The molecule has 0 amide bonds. The molecule has 0 atom stereocenters.